The van der Waals surface area contributed by atoms with Gasteiger partial charge in [-0.1, -0.05) is 11.6 Å². The van der Waals surface area contributed by atoms with E-state index in [1.165, 1.54) is 0 Å². The van der Waals surface area contributed by atoms with Gasteiger partial charge in [-0.2, -0.15) is 4.98 Å². The molecular formula is C21H25ClN6O2S. The summed E-state index contributed by atoms with van der Waals surface area (Å²) in [4.78, 5) is 21.5. The molecule has 0 amide bonds. The van der Waals surface area contributed by atoms with Crippen LogP contribution in [0, 0.1) is 11.8 Å². The molecule has 2 aliphatic heterocycles. The fourth-order valence-electron chi connectivity index (χ4n) is 5.34. The minimum Gasteiger partial charge on any atom is -0.394 e. The summed E-state index contributed by atoms with van der Waals surface area (Å²) >= 11 is 5.92. The summed E-state index contributed by atoms with van der Waals surface area (Å²) in [5, 5.41) is 14.0. The molecule has 2 aliphatic carbocycles. The van der Waals surface area contributed by atoms with Crippen molar-refractivity contribution in [3.63, 3.8) is 0 Å². The zero-order chi connectivity index (χ0) is 21.2. The number of anilines is 2. The SMILES string of the molecule is O=S1CCCc2nc(N3CC4C(C3)C4c3ncc(Cl)cn3)nc(NC3(CO)CCC3)c21. The number of hydrogen-bond donors (Lipinski definition) is 2. The number of aromatic nitrogens is 4. The number of rotatable bonds is 5. The van der Waals surface area contributed by atoms with Gasteiger partial charge in [-0.15, -0.1) is 0 Å². The van der Waals surface area contributed by atoms with Gasteiger partial charge in [0.05, 0.1) is 33.7 Å². The van der Waals surface area contributed by atoms with Crippen molar-refractivity contribution in [3.05, 3.63) is 28.9 Å². The monoisotopic (exact) mass is 460 g/mol. The summed E-state index contributed by atoms with van der Waals surface area (Å²) in [7, 11) is -1.10. The molecule has 0 radical (unpaired) electrons. The van der Waals surface area contributed by atoms with Gasteiger partial charge in [0.25, 0.3) is 0 Å². The Labute approximate surface area is 188 Å². The average molecular weight is 461 g/mol. The number of aliphatic hydroxyl groups is 1. The second kappa shape index (κ2) is 7.35. The van der Waals surface area contributed by atoms with Gasteiger partial charge in [-0.05, 0) is 43.9 Å². The minimum atomic E-state index is -1.10. The third kappa shape index (κ3) is 3.32. The number of fused-ring (bicyclic) bond motifs is 2. The molecule has 3 atom stereocenters. The van der Waals surface area contributed by atoms with E-state index in [-0.39, 0.29) is 12.1 Å². The third-order valence-electron chi connectivity index (χ3n) is 7.31. The van der Waals surface area contributed by atoms with E-state index < -0.39 is 10.8 Å². The smallest absolute Gasteiger partial charge is 0.227 e. The summed E-state index contributed by atoms with van der Waals surface area (Å²) < 4.78 is 12.8. The largest absolute Gasteiger partial charge is 0.394 e. The van der Waals surface area contributed by atoms with Crippen LogP contribution in [0.15, 0.2) is 17.3 Å². The predicted octanol–water partition coefficient (Wildman–Crippen LogP) is 2.15. The Balaban J connectivity index is 1.26. The standard InChI is InChI=1S/C21H25ClN6O2S/c22-12-7-23-18(24-8-12)16-13-9-28(10-14(13)16)20-25-15-3-1-6-31(30)17(15)19(26-20)27-21(11-29)4-2-5-21/h7-8,13-14,16,29H,1-6,9-11H2,(H,25,26,27). The van der Waals surface area contributed by atoms with Crippen LogP contribution in [-0.4, -0.2) is 60.2 Å². The first-order valence-electron chi connectivity index (χ1n) is 11.0. The molecule has 2 aromatic rings. The Hall–Kier alpha value is -1.84. The first kappa shape index (κ1) is 19.8. The minimum absolute atomic E-state index is 0.0599. The van der Waals surface area contributed by atoms with Gasteiger partial charge in [0.2, 0.25) is 5.95 Å². The van der Waals surface area contributed by atoms with Crippen molar-refractivity contribution in [1.82, 2.24) is 19.9 Å². The fraction of sp³-hybridized carbons (Fsp3) is 0.619. The number of aryl methyl sites for hydroxylation is 1. The van der Waals surface area contributed by atoms with Crippen LogP contribution in [0.2, 0.25) is 5.02 Å². The van der Waals surface area contributed by atoms with Gasteiger partial charge >= 0.3 is 0 Å². The van der Waals surface area contributed by atoms with Crippen LogP contribution in [0.25, 0.3) is 0 Å². The van der Waals surface area contributed by atoms with Crippen LogP contribution in [0.5, 0.6) is 0 Å². The first-order valence-corrected chi connectivity index (χ1v) is 12.7. The van der Waals surface area contributed by atoms with Crippen molar-refractivity contribution in [2.75, 3.05) is 35.7 Å². The fourth-order valence-corrected chi connectivity index (χ4v) is 6.77. The van der Waals surface area contributed by atoms with E-state index in [1.54, 1.807) is 12.4 Å². The highest BCUT2D eigenvalue weighted by molar-refractivity contribution is 7.85. The Bertz CT molecular complexity index is 1030. The zero-order valence-corrected chi connectivity index (χ0v) is 18.7. The average Bonchev–Trinajstić information content (AvgIpc) is 3.23. The second-order valence-corrected chi connectivity index (χ2v) is 11.2. The van der Waals surface area contributed by atoms with E-state index in [0.717, 1.165) is 61.6 Å². The Morgan fingerprint density at radius 3 is 2.58 bits per heavy atom. The summed E-state index contributed by atoms with van der Waals surface area (Å²) in [6.45, 7) is 1.80. The third-order valence-corrected chi connectivity index (χ3v) is 9.05. The summed E-state index contributed by atoms with van der Waals surface area (Å²) in [5.41, 5.74) is 0.549. The Kier molecular flexibility index (Phi) is 4.70. The maximum atomic E-state index is 12.8. The van der Waals surface area contributed by atoms with Crippen LogP contribution in [0.4, 0.5) is 11.8 Å². The molecule has 31 heavy (non-hydrogen) atoms. The van der Waals surface area contributed by atoms with Crippen molar-refractivity contribution in [2.24, 2.45) is 11.8 Å². The van der Waals surface area contributed by atoms with Crippen molar-refractivity contribution < 1.29 is 9.32 Å². The zero-order valence-electron chi connectivity index (χ0n) is 17.1. The lowest BCUT2D eigenvalue weighted by atomic mass is 9.77. The van der Waals surface area contributed by atoms with E-state index in [0.29, 0.717) is 40.3 Å². The normalized spacial score (nSPS) is 30.3. The molecule has 1 saturated heterocycles. The molecule has 0 spiro atoms. The molecule has 2 aromatic heterocycles. The molecule has 4 aliphatic rings. The van der Waals surface area contributed by atoms with Gasteiger partial charge in [0, 0.05) is 37.2 Å². The summed E-state index contributed by atoms with van der Waals surface area (Å²) in [5.74, 6) is 4.26. The summed E-state index contributed by atoms with van der Waals surface area (Å²) in [6.07, 6.45) is 7.92. The van der Waals surface area contributed by atoms with E-state index in [2.05, 4.69) is 20.2 Å². The summed E-state index contributed by atoms with van der Waals surface area (Å²) in [6, 6.07) is 0. The number of piperidine rings is 1. The Morgan fingerprint density at radius 1 is 1.19 bits per heavy atom. The highest BCUT2D eigenvalue weighted by Gasteiger charge is 2.58. The number of halogens is 1. The van der Waals surface area contributed by atoms with Gasteiger partial charge < -0.3 is 15.3 Å². The molecule has 4 heterocycles. The van der Waals surface area contributed by atoms with Gasteiger partial charge in [-0.3, -0.25) is 4.21 Å². The van der Waals surface area contributed by atoms with Crippen molar-refractivity contribution >= 4 is 34.2 Å². The predicted molar refractivity (Wildman–Crippen MR) is 118 cm³/mol. The van der Waals surface area contributed by atoms with Crippen LogP contribution in [0.3, 0.4) is 0 Å². The number of aliphatic hydroxyl groups excluding tert-OH is 1. The molecule has 0 bridgehead atoms. The van der Waals surface area contributed by atoms with Crippen molar-refractivity contribution in [1.29, 1.82) is 0 Å². The molecule has 2 N–H and O–H groups in total. The molecule has 10 heteroatoms. The van der Waals surface area contributed by atoms with E-state index in [9.17, 15) is 9.32 Å². The number of hydrogen-bond acceptors (Lipinski definition) is 8. The number of nitrogens with one attached hydrogen (secondary N) is 1. The van der Waals surface area contributed by atoms with Crippen LogP contribution in [-0.2, 0) is 17.2 Å². The molecule has 2 saturated carbocycles. The Morgan fingerprint density at radius 2 is 1.94 bits per heavy atom. The maximum Gasteiger partial charge on any atom is 0.227 e. The molecule has 0 aromatic carbocycles. The van der Waals surface area contributed by atoms with E-state index >= 15 is 0 Å². The van der Waals surface area contributed by atoms with E-state index in [4.69, 9.17) is 21.6 Å². The topological polar surface area (TPSA) is 104 Å². The molecule has 8 nitrogen and oxygen atoms in total. The molecule has 3 fully saturated rings. The highest BCUT2D eigenvalue weighted by atomic mass is 35.5. The quantitative estimate of drug-likeness (QED) is 0.699. The van der Waals surface area contributed by atoms with Gasteiger partial charge in [-0.25, -0.2) is 15.0 Å². The maximum absolute atomic E-state index is 12.8. The van der Waals surface area contributed by atoms with E-state index in [1.807, 2.05) is 0 Å². The van der Waals surface area contributed by atoms with Crippen LogP contribution >= 0.6 is 11.6 Å². The molecular weight excluding hydrogens is 436 g/mol. The van der Waals surface area contributed by atoms with Gasteiger partial charge in [0.1, 0.15) is 16.5 Å². The molecule has 164 valence electrons. The van der Waals surface area contributed by atoms with Crippen LogP contribution in [0.1, 0.15) is 43.1 Å². The van der Waals surface area contributed by atoms with Crippen LogP contribution < -0.4 is 10.2 Å². The lowest BCUT2D eigenvalue weighted by Crippen LogP contribution is -2.49. The molecule has 6 rings (SSSR count). The highest BCUT2D eigenvalue weighted by Crippen LogP contribution is 2.57. The lowest BCUT2D eigenvalue weighted by molar-refractivity contribution is 0.143. The second-order valence-electron chi connectivity index (χ2n) is 9.24. The number of nitrogens with zero attached hydrogens (tertiary/aromatic N) is 5. The van der Waals surface area contributed by atoms with Crippen molar-refractivity contribution in [3.8, 4) is 0 Å². The van der Waals surface area contributed by atoms with Gasteiger partial charge in [0.15, 0.2) is 0 Å². The van der Waals surface area contributed by atoms with Crippen molar-refractivity contribution in [2.45, 2.75) is 48.5 Å². The first-order chi connectivity index (χ1) is 15.1. The molecule has 3 unspecified atom stereocenters. The lowest BCUT2D eigenvalue weighted by Gasteiger charge is -2.42.